The first kappa shape index (κ1) is 52.7. The maximum atomic E-state index is 2.67. The summed E-state index contributed by atoms with van der Waals surface area (Å²) in [5.41, 5.74) is 40.0. The van der Waals surface area contributed by atoms with Crippen molar-refractivity contribution in [3.05, 3.63) is 247 Å². The molecule has 0 saturated heterocycles. The Morgan fingerprint density at radius 1 is 0.325 bits per heavy atom. The highest BCUT2D eigenvalue weighted by atomic mass is 15.2. The van der Waals surface area contributed by atoms with Gasteiger partial charge in [-0.2, -0.15) is 0 Å². The third-order valence-corrected chi connectivity index (χ3v) is 18.2. The molecule has 0 aromatic heterocycles. The van der Waals surface area contributed by atoms with E-state index in [9.17, 15) is 0 Å². The molecule has 0 amide bonds. The third kappa shape index (κ3) is 8.26. The van der Waals surface area contributed by atoms with E-state index < -0.39 is 0 Å². The molecule has 0 radical (unpaired) electrons. The van der Waals surface area contributed by atoms with Gasteiger partial charge in [0.1, 0.15) is 0 Å². The minimum absolute atomic E-state index is 0.0466. The number of nitrogens with zero attached hydrogens (tertiary/aromatic N) is 3. The van der Waals surface area contributed by atoms with Crippen molar-refractivity contribution >= 4 is 109 Å². The maximum Gasteiger partial charge on any atom is 0.247 e. The summed E-state index contributed by atoms with van der Waals surface area (Å²) >= 11 is 0. The van der Waals surface area contributed by atoms with Gasteiger partial charge in [0.15, 0.2) is 0 Å². The van der Waals surface area contributed by atoms with Crippen LogP contribution in [0.1, 0.15) is 92.6 Å². The van der Waals surface area contributed by atoms with Crippen molar-refractivity contribution in [3.63, 3.8) is 0 Å². The summed E-state index contributed by atoms with van der Waals surface area (Å²) in [6.45, 7) is 34.9. The molecule has 12 rings (SSSR count). The number of rotatable bonds is 8. The Hall–Kier alpha value is -7.95. The van der Waals surface area contributed by atoms with Crippen molar-refractivity contribution in [1.82, 2.24) is 0 Å². The lowest BCUT2D eigenvalue weighted by atomic mass is 9.33. The number of hydrogen-bond acceptors (Lipinski definition) is 3. The zero-order valence-corrected chi connectivity index (χ0v) is 49.9. The van der Waals surface area contributed by atoms with Crippen molar-refractivity contribution in [3.8, 4) is 0 Å². The van der Waals surface area contributed by atoms with Gasteiger partial charge in [-0.05, 0) is 184 Å². The predicted octanol–water partition coefficient (Wildman–Crippen LogP) is 13.8. The quantitative estimate of drug-likeness (QED) is 0.140. The smallest absolute Gasteiger partial charge is 0.247 e. The molecule has 0 bridgehead atoms. The topological polar surface area (TPSA) is 9.72 Å². The average molecular weight is 1040 g/mol. The molecule has 3 aliphatic heterocycles. The van der Waals surface area contributed by atoms with Crippen LogP contribution in [0.3, 0.4) is 0 Å². The zero-order valence-electron chi connectivity index (χ0n) is 49.9. The summed E-state index contributed by atoms with van der Waals surface area (Å²) < 4.78 is 0. The molecule has 80 heavy (non-hydrogen) atoms. The van der Waals surface area contributed by atoms with Gasteiger partial charge in [-0.25, -0.2) is 0 Å². The van der Waals surface area contributed by atoms with Gasteiger partial charge in [-0.1, -0.05) is 212 Å². The first-order valence-electron chi connectivity index (χ1n) is 29.1. The lowest BCUT2D eigenvalue weighted by Gasteiger charge is -2.45. The standard InChI is InChI=1S/C74H74B3N3/c1-16-17-30-63-57(15)75(69-48(6)37-45(3)38-49(69)7)58-26-18-22-31-64(58)78(63)72-54(12)73(79-65-32-23-19-27-59(65)76(60-28-20-24-33-66(60)79)70-50(8)39-46(4)40-51(70)9)56(14)74(55(72)13)80-67-34-25-21-29-61(67)77(62-43-44(2)35-36-68(62)80)71-52(10)41-47(5)42-53(71)11/h17-43H,16H2,1-15H3/b30-17-. The molecule has 0 N–H and O–H groups in total. The van der Waals surface area contributed by atoms with Gasteiger partial charge in [0.25, 0.3) is 0 Å². The van der Waals surface area contributed by atoms with E-state index in [0.717, 1.165) is 6.42 Å². The second kappa shape index (κ2) is 20.3. The van der Waals surface area contributed by atoms with E-state index in [1.807, 2.05) is 0 Å². The Labute approximate surface area is 479 Å². The van der Waals surface area contributed by atoms with Crippen LogP contribution in [-0.4, -0.2) is 20.1 Å². The van der Waals surface area contributed by atoms with Gasteiger partial charge in [-0.3, -0.25) is 0 Å². The largest absolute Gasteiger partial charge is 0.311 e. The lowest BCUT2D eigenvalue weighted by Crippen LogP contribution is -2.59. The van der Waals surface area contributed by atoms with Crippen LogP contribution in [-0.2, 0) is 0 Å². The molecule has 0 spiro atoms. The van der Waals surface area contributed by atoms with E-state index in [0.29, 0.717) is 0 Å². The van der Waals surface area contributed by atoms with Crippen molar-refractivity contribution in [2.75, 3.05) is 14.7 Å². The SMILES string of the molecule is CC/C=C\C1=C(C)B(c2c(C)cc(C)cc2C)c2ccccc2N1c1c(C)c(N2c3ccccc3B(c3c(C)cc(C)cc3C)c3ccccc32)c(C)c(N2c3ccccc3B(c3c(C)cc(C)cc3C)c3cc(C)ccc32)c1C. The Balaban J connectivity index is 1.22. The van der Waals surface area contributed by atoms with Crippen LogP contribution in [0.4, 0.5) is 45.5 Å². The minimum atomic E-state index is 0.0466. The Morgan fingerprint density at radius 2 is 0.637 bits per heavy atom. The number of fused-ring (bicyclic) bond motifs is 5. The predicted molar refractivity (Wildman–Crippen MR) is 352 cm³/mol. The number of para-hydroxylation sites is 4. The molecular weight excluding hydrogens is 963 g/mol. The van der Waals surface area contributed by atoms with Gasteiger partial charge in [0, 0.05) is 34.1 Å². The second-order valence-electron chi connectivity index (χ2n) is 23.8. The van der Waals surface area contributed by atoms with Gasteiger partial charge < -0.3 is 14.7 Å². The molecule has 3 aliphatic rings. The molecule has 6 heteroatoms. The third-order valence-electron chi connectivity index (χ3n) is 18.2. The molecule has 0 unspecified atom stereocenters. The zero-order chi connectivity index (χ0) is 56.2. The first-order valence-corrected chi connectivity index (χ1v) is 29.1. The first-order chi connectivity index (χ1) is 38.5. The number of allylic oxidation sites excluding steroid dienone is 3. The Bertz CT molecular complexity index is 3990. The summed E-state index contributed by atoms with van der Waals surface area (Å²) in [4.78, 5) is 7.98. The summed E-state index contributed by atoms with van der Waals surface area (Å²) in [7, 11) is 0. The highest BCUT2D eigenvalue weighted by Crippen LogP contribution is 2.54. The number of anilines is 8. The van der Waals surface area contributed by atoms with Crippen LogP contribution in [0.15, 0.2) is 175 Å². The average Bonchev–Trinajstić information content (AvgIpc) is 3.54. The molecule has 3 heterocycles. The van der Waals surface area contributed by atoms with Crippen LogP contribution in [0, 0.1) is 90.0 Å². The Morgan fingerprint density at radius 3 is 1.02 bits per heavy atom. The van der Waals surface area contributed by atoms with E-state index in [-0.39, 0.29) is 20.1 Å². The summed E-state index contributed by atoms with van der Waals surface area (Å²) in [5.74, 6) is 0. The summed E-state index contributed by atoms with van der Waals surface area (Å²) in [6.07, 6.45) is 5.72. The van der Waals surface area contributed by atoms with Crippen LogP contribution in [0.2, 0.25) is 0 Å². The van der Waals surface area contributed by atoms with E-state index in [1.54, 1.807) is 0 Å². The molecule has 0 saturated carbocycles. The van der Waals surface area contributed by atoms with Gasteiger partial charge in [0.05, 0.1) is 17.1 Å². The monoisotopic (exact) mass is 1040 g/mol. The van der Waals surface area contributed by atoms with Crippen LogP contribution in [0.25, 0.3) is 0 Å². The fraction of sp³-hybridized carbons (Fsp3) is 0.216. The molecule has 0 atom stereocenters. The fourth-order valence-electron chi connectivity index (χ4n) is 15.4. The Kier molecular flexibility index (Phi) is 13.4. The van der Waals surface area contributed by atoms with E-state index in [2.05, 4.69) is 282 Å². The van der Waals surface area contributed by atoms with E-state index in [4.69, 9.17) is 0 Å². The number of hydrogen-bond donors (Lipinski definition) is 0. The van der Waals surface area contributed by atoms with Crippen molar-refractivity contribution in [1.29, 1.82) is 0 Å². The summed E-state index contributed by atoms with van der Waals surface area (Å²) in [5, 5.41) is 0. The summed E-state index contributed by atoms with van der Waals surface area (Å²) in [6, 6.07) is 58.6. The van der Waals surface area contributed by atoms with E-state index in [1.165, 1.54) is 173 Å². The van der Waals surface area contributed by atoms with Crippen molar-refractivity contribution in [2.45, 2.75) is 110 Å². The second-order valence-corrected chi connectivity index (χ2v) is 23.8. The van der Waals surface area contributed by atoms with Crippen LogP contribution in [0.5, 0.6) is 0 Å². The molecule has 0 aliphatic carbocycles. The van der Waals surface area contributed by atoms with Gasteiger partial charge in [-0.15, -0.1) is 0 Å². The highest BCUT2D eigenvalue weighted by molar-refractivity contribution is 6.99. The fourth-order valence-corrected chi connectivity index (χ4v) is 15.4. The van der Waals surface area contributed by atoms with E-state index >= 15 is 0 Å². The molecule has 9 aromatic carbocycles. The minimum Gasteiger partial charge on any atom is -0.311 e. The van der Waals surface area contributed by atoms with Crippen molar-refractivity contribution < 1.29 is 0 Å². The molecule has 0 fully saturated rings. The van der Waals surface area contributed by atoms with Crippen molar-refractivity contribution in [2.24, 2.45) is 0 Å². The molecule has 3 nitrogen and oxygen atoms in total. The van der Waals surface area contributed by atoms with Gasteiger partial charge in [0.2, 0.25) is 20.1 Å². The maximum absolute atomic E-state index is 2.67. The number of aryl methyl sites for hydroxylation is 10. The lowest BCUT2D eigenvalue weighted by molar-refractivity contribution is 1.10. The highest BCUT2D eigenvalue weighted by Gasteiger charge is 2.44. The normalized spacial score (nSPS) is 13.7. The van der Waals surface area contributed by atoms with Crippen LogP contribution < -0.4 is 58.4 Å². The molecule has 9 aromatic rings. The number of benzene rings is 9. The molecule has 394 valence electrons. The van der Waals surface area contributed by atoms with Crippen LogP contribution >= 0.6 is 0 Å². The van der Waals surface area contributed by atoms with Gasteiger partial charge >= 0.3 is 0 Å². The molecular formula is C74H74B3N3.